The lowest BCUT2D eigenvalue weighted by Crippen LogP contribution is -2.49. The molecule has 0 spiro atoms. The van der Waals surface area contributed by atoms with Gasteiger partial charge in [-0.1, -0.05) is 24.3 Å². The van der Waals surface area contributed by atoms with Crippen LogP contribution in [0.4, 0.5) is 5.69 Å². The van der Waals surface area contributed by atoms with Crippen LogP contribution in [0.1, 0.15) is 19.3 Å². The minimum atomic E-state index is -0.327. The number of allylic oxidation sites excluding steroid dienone is 1. The van der Waals surface area contributed by atoms with Gasteiger partial charge in [0, 0.05) is 12.7 Å². The number of anilines is 1. The molecule has 0 bridgehead atoms. The van der Waals surface area contributed by atoms with Crippen LogP contribution in [0.25, 0.3) is 0 Å². The maximum Gasteiger partial charge on any atom is 0.173 e. The molecular formula is C16H22N2OS. The third-order valence-electron chi connectivity index (χ3n) is 4.00. The van der Waals surface area contributed by atoms with E-state index in [1.54, 1.807) is 0 Å². The average molecular weight is 290 g/mol. The second kappa shape index (κ2) is 6.86. The number of nitrogens with zero attached hydrogens (tertiary/aromatic N) is 1. The maximum atomic E-state index is 10.2. The molecule has 0 heterocycles. The Bertz CT molecular complexity index is 463. The molecule has 1 aliphatic carbocycles. The summed E-state index contributed by atoms with van der Waals surface area (Å²) in [6, 6.07) is 9.91. The molecule has 20 heavy (non-hydrogen) atoms. The first-order chi connectivity index (χ1) is 9.61. The smallest absolute Gasteiger partial charge is 0.173 e. The van der Waals surface area contributed by atoms with Crippen LogP contribution in [-0.2, 0) is 0 Å². The van der Waals surface area contributed by atoms with Gasteiger partial charge in [0.1, 0.15) is 0 Å². The molecule has 1 fully saturated rings. The fourth-order valence-electron chi connectivity index (χ4n) is 2.68. The first kappa shape index (κ1) is 15.0. The molecule has 1 saturated carbocycles. The number of thiocarbonyl (C=S) groups is 1. The lowest BCUT2D eigenvalue weighted by Gasteiger charge is -2.39. The van der Waals surface area contributed by atoms with E-state index in [0.29, 0.717) is 11.0 Å². The molecule has 1 aliphatic rings. The highest BCUT2D eigenvalue weighted by atomic mass is 32.1. The van der Waals surface area contributed by atoms with Crippen molar-refractivity contribution in [2.24, 2.45) is 5.92 Å². The van der Waals surface area contributed by atoms with Crippen LogP contribution in [-0.4, -0.2) is 34.3 Å². The average Bonchev–Trinajstić information content (AvgIpc) is 2.48. The van der Waals surface area contributed by atoms with E-state index in [1.165, 1.54) is 0 Å². The summed E-state index contributed by atoms with van der Waals surface area (Å²) in [5, 5.41) is 14.1. The number of para-hydroxylation sites is 1. The van der Waals surface area contributed by atoms with Crippen LogP contribution in [0.15, 0.2) is 43.0 Å². The summed E-state index contributed by atoms with van der Waals surface area (Å²) in [7, 11) is 1.94. The number of nitrogens with one attached hydrogen (secondary N) is 1. The predicted molar refractivity (Wildman–Crippen MR) is 87.8 cm³/mol. The minimum Gasteiger partial charge on any atom is -0.391 e. The van der Waals surface area contributed by atoms with Crippen LogP contribution < -0.4 is 5.32 Å². The Morgan fingerprint density at radius 2 is 2.10 bits per heavy atom. The summed E-state index contributed by atoms with van der Waals surface area (Å²) in [5.74, 6) is 0.463. The molecule has 0 amide bonds. The van der Waals surface area contributed by atoms with Crippen LogP contribution in [0.5, 0.6) is 0 Å². The van der Waals surface area contributed by atoms with Gasteiger partial charge in [-0.3, -0.25) is 0 Å². The number of rotatable bonds is 3. The van der Waals surface area contributed by atoms with E-state index in [1.807, 2.05) is 48.4 Å². The first-order valence-electron chi connectivity index (χ1n) is 7.01. The van der Waals surface area contributed by atoms with Gasteiger partial charge in [-0.05, 0) is 49.5 Å². The Labute approximate surface area is 126 Å². The first-order valence-corrected chi connectivity index (χ1v) is 7.42. The van der Waals surface area contributed by atoms with Gasteiger partial charge in [-0.2, -0.15) is 0 Å². The van der Waals surface area contributed by atoms with Crippen molar-refractivity contribution in [1.29, 1.82) is 0 Å². The summed E-state index contributed by atoms with van der Waals surface area (Å²) in [6.07, 6.45) is 4.37. The Morgan fingerprint density at radius 3 is 2.75 bits per heavy atom. The highest BCUT2D eigenvalue weighted by Crippen LogP contribution is 2.28. The standard InChI is InChI=1S/C16H22N2OS/c1-3-12-9-10-15(19)14(11-12)18(2)16(20)17-13-7-5-4-6-8-13/h3-8,12,14-15,19H,1,9-11H2,2H3,(H,17,20)/t12-,14-,15+/m1/s1. The molecule has 0 saturated heterocycles. The lowest BCUT2D eigenvalue weighted by molar-refractivity contribution is 0.0483. The number of aliphatic hydroxyl groups excluding tert-OH is 1. The van der Waals surface area contributed by atoms with Crippen molar-refractivity contribution in [2.45, 2.75) is 31.4 Å². The summed E-state index contributed by atoms with van der Waals surface area (Å²) < 4.78 is 0. The van der Waals surface area contributed by atoms with E-state index in [-0.39, 0.29) is 12.1 Å². The zero-order valence-corrected chi connectivity index (χ0v) is 12.6. The van der Waals surface area contributed by atoms with Crippen LogP contribution in [0, 0.1) is 5.92 Å². The molecule has 3 atom stereocenters. The van der Waals surface area contributed by atoms with Crippen molar-refractivity contribution >= 4 is 23.0 Å². The third-order valence-corrected chi connectivity index (χ3v) is 4.39. The number of benzene rings is 1. The van der Waals surface area contributed by atoms with E-state index < -0.39 is 0 Å². The largest absolute Gasteiger partial charge is 0.391 e. The SMILES string of the molecule is C=C[C@@H]1CC[C@H](O)[C@H](N(C)C(=S)Nc2ccccc2)C1. The molecule has 0 aliphatic heterocycles. The van der Waals surface area contributed by atoms with Crippen LogP contribution in [0.2, 0.25) is 0 Å². The summed E-state index contributed by atoms with van der Waals surface area (Å²) in [4.78, 5) is 1.97. The van der Waals surface area contributed by atoms with E-state index >= 15 is 0 Å². The summed E-state index contributed by atoms with van der Waals surface area (Å²) >= 11 is 5.45. The highest BCUT2D eigenvalue weighted by Gasteiger charge is 2.31. The van der Waals surface area contributed by atoms with Crippen molar-refractivity contribution < 1.29 is 5.11 Å². The lowest BCUT2D eigenvalue weighted by atomic mass is 9.83. The molecule has 108 valence electrons. The van der Waals surface area contributed by atoms with Crippen molar-refractivity contribution in [3.63, 3.8) is 0 Å². The van der Waals surface area contributed by atoms with Gasteiger partial charge in [-0.25, -0.2) is 0 Å². The van der Waals surface area contributed by atoms with Gasteiger partial charge >= 0.3 is 0 Å². The molecule has 3 nitrogen and oxygen atoms in total. The molecule has 1 aromatic carbocycles. The molecule has 0 radical (unpaired) electrons. The predicted octanol–water partition coefficient (Wildman–Crippen LogP) is 3.03. The number of hydrogen-bond donors (Lipinski definition) is 2. The van der Waals surface area contributed by atoms with E-state index in [0.717, 1.165) is 24.9 Å². The number of likely N-dealkylation sites (N-methyl/N-ethyl adjacent to an activating group) is 1. The van der Waals surface area contributed by atoms with E-state index in [2.05, 4.69) is 11.9 Å². The van der Waals surface area contributed by atoms with E-state index in [9.17, 15) is 5.11 Å². The van der Waals surface area contributed by atoms with E-state index in [4.69, 9.17) is 12.2 Å². The Kier molecular flexibility index (Phi) is 5.15. The fraction of sp³-hybridized carbons (Fsp3) is 0.438. The molecule has 2 N–H and O–H groups in total. The Morgan fingerprint density at radius 1 is 1.40 bits per heavy atom. The van der Waals surface area contributed by atoms with Gasteiger partial charge < -0.3 is 15.3 Å². The van der Waals surface area contributed by atoms with Crippen molar-refractivity contribution in [2.75, 3.05) is 12.4 Å². The number of hydrogen-bond acceptors (Lipinski definition) is 2. The monoisotopic (exact) mass is 290 g/mol. The Balaban J connectivity index is 2.00. The second-order valence-electron chi connectivity index (χ2n) is 5.35. The Hall–Kier alpha value is -1.39. The molecule has 2 rings (SSSR count). The summed E-state index contributed by atoms with van der Waals surface area (Å²) in [6.45, 7) is 3.87. The fourth-order valence-corrected chi connectivity index (χ4v) is 2.93. The number of aliphatic hydroxyl groups is 1. The second-order valence-corrected chi connectivity index (χ2v) is 5.74. The highest BCUT2D eigenvalue weighted by molar-refractivity contribution is 7.80. The quantitative estimate of drug-likeness (QED) is 0.662. The zero-order chi connectivity index (χ0) is 14.5. The van der Waals surface area contributed by atoms with Gasteiger partial charge in [0.25, 0.3) is 0 Å². The van der Waals surface area contributed by atoms with Crippen LogP contribution >= 0.6 is 12.2 Å². The van der Waals surface area contributed by atoms with Gasteiger partial charge in [0.15, 0.2) is 5.11 Å². The molecule has 1 aromatic rings. The van der Waals surface area contributed by atoms with Crippen LogP contribution in [0.3, 0.4) is 0 Å². The molecule has 0 aromatic heterocycles. The summed E-state index contributed by atoms with van der Waals surface area (Å²) in [5.41, 5.74) is 0.968. The topological polar surface area (TPSA) is 35.5 Å². The molecule has 0 unspecified atom stereocenters. The molecule has 4 heteroatoms. The molecular weight excluding hydrogens is 268 g/mol. The normalized spacial score (nSPS) is 25.8. The minimum absolute atomic E-state index is 0.0514. The van der Waals surface area contributed by atoms with Crippen molar-refractivity contribution in [3.8, 4) is 0 Å². The van der Waals surface area contributed by atoms with Crippen molar-refractivity contribution in [3.05, 3.63) is 43.0 Å². The van der Waals surface area contributed by atoms with Gasteiger partial charge in [0.05, 0.1) is 12.1 Å². The van der Waals surface area contributed by atoms with Crippen molar-refractivity contribution in [1.82, 2.24) is 4.90 Å². The van der Waals surface area contributed by atoms with Gasteiger partial charge in [-0.15, -0.1) is 6.58 Å². The maximum absolute atomic E-state index is 10.2. The zero-order valence-electron chi connectivity index (χ0n) is 11.8. The third kappa shape index (κ3) is 3.58. The van der Waals surface area contributed by atoms with Gasteiger partial charge in [0.2, 0.25) is 0 Å².